The zero-order valence-corrected chi connectivity index (χ0v) is 16.9. The van der Waals surface area contributed by atoms with Crippen LogP contribution < -0.4 is 9.47 Å². The van der Waals surface area contributed by atoms with Crippen molar-refractivity contribution >= 4 is 39.4 Å². The number of anilines is 1. The van der Waals surface area contributed by atoms with Gasteiger partial charge in [0.15, 0.2) is 6.54 Å². The highest BCUT2D eigenvalue weighted by molar-refractivity contribution is 7.18. The van der Waals surface area contributed by atoms with E-state index in [1.807, 2.05) is 38.4 Å². The van der Waals surface area contributed by atoms with Crippen LogP contribution in [0.25, 0.3) is 33.7 Å². The van der Waals surface area contributed by atoms with E-state index >= 15 is 0 Å². The average Bonchev–Trinajstić information content (AvgIpc) is 3.32. The van der Waals surface area contributed by atoms with E-state index in [0.717, 1.165) is 23.6 Å². The van der Waals surface area contributed by atoms with Crippen LogP contribution in [0.15, 0.2) is 77.7 Å². The third-order valence-electron chi connectivity index (χ3n) is 4.63. The van der Waals surface area contributed by atoms with Crippen LogP contribution in [-0.2, 0) is 6.54 Å². The summed E-state index contributed by atoms with van der Waals surface area (Å²) in [6.07, 6.45) is 6.08. The monoisotopic (exact) mass is 387 g/mol. The van der Waals surface area contributed by atoms with E-state index in [1.54, 1.807) is 11.3 Å². The minimum absolute atomic E-state index is 0.783. The molecule has 2 aromatic heterocycles. The van der Waals surface area contributed by atoms with Crippen LogP contribution in [0.4, 0.5) is 5.69 Å². The Bertz CT molecular complexity index is 1130. The molecule has 28 heavy (non-hydrogen) atoms. The van der Waals surface area contributed by atoms with E-state index in [0.29, 0.717) is 0 Å². The summed E-state index contributed by atoms with van der Waals surface area (Å²) < 4.78 is 9.58. The molecule has 0 aliphatic rings. The predicted molar refractivity (Wildman–Crippen MR) is 120 cm³/mol. The van der Waals surface area contributed by atoms with Gasteiger partial charge in [-0.25, -0.2) is 0 Å². The van der Waals surface area contributed by atoms with Gasteiger partial charge >= 0.3 is 0 Å². The summed E-state index contributed by atoms with van der Waals surface area (Å²) in [5, 5.41) is 1.18. The Morgan fingerprint density at radius 2 is 1.79 bits per heavy atom. The molecular weight excluding hydrogens is 364 g/mol. The highest BCUT2D eigenvalue weighted by atomic mass is 32.1. The highest BCUT2D eigenvalue weighted by Crippen LogP contribution is 2.26. The maximum absolute atomic E-state index is 6.04. The van der Waals surface area contributed by atoms with E-state index in [1.165, 1.54) is 20.9 Å². The summed E-state index contributed by atoms with van der Waals surface area (Å²) in [6, 6.07) is 20.9. The van der Waals surface area contributed by atoms with Crippen LogP contribution in [-0.4, -0.2) is 14.1 Å². The summed E-state index contributed by atoms with van der Waals surface area (Å²) in [5.41, 5.74) is 3.48. The lowest BCUT2D eigenvalue weighted by atomic mass is 10.1. The Morgan fingerprint density at radius 3 is 2.54 bits per heavy atom. The van der Waals surface area contributed by atoms with Crippen molar-refractivity contribution in [3.05, 3.63) is 84.1 Å². The topological polar surface area (TPSA) is 20.3 Å². The van der Waals surface area contributed by atoms with Gasteiger partial charge in [-0.15, -0.1) is 0 Å². The molecule has 0 amide bonds. The Kier molecular flexibility index (Phi) is 5.13. The Balaban J connectivity index is 1.60. The lowest BCUT2D eigenvalue weighted by Crippen LogP contribution is -2.33. The van der Waals surface area contributed by atoms with Crippen molar-refractivity contribution in [2.75, 3.05) is 19.0 Å². The van der Waals surface area contributed by atoms with Gasteiger partial charge in [0.1, 0.15) is 16.2 Å². The second-order valence-corrected chi connectivity index (χ2v) is 7.85. The maximum Gasteiger partial charge on any atom is 0.263 e. The van der Waals surface area contributed by atoms with Crippen LogP contribution in [0.1, 0.15) is 10.8 Å². The second kappa shape index (κ2) is 7.87. The summed E-state index contributed by atoms with van der Waals surface area (Å²) in [6.45, 7) is 4.68. The first-order valence-corrected chi connectivity index (χ1v) is 10.1. The smallest absolute Gasteiger partial charge is 0.263 e. The molecule has 0 atom stereocenters. The van der Waals surface area contributed by atoms with Gasteiger partial charge in [-0.1, -0.05) is 30.0 Å². The minimum atomic E-state index is 0.783. The van der Waals surface area contributed by atoms with Crippen molar-refractivity contribution in [1.29, 1.82) is 0 Å². The highest BCUT2D eigenvalue weighted by Gasteiger charge is 2.16. The largest absolute Gasteiger partial charge is 0.457 e. The molecule has 0 bridgehead atoms. The molecule has 2 heterocycles. The molecule has 0 saturated carbocycles. The van der Waals surface area contributed by atoms with Crippen molar-refractivity contribution < 1.29 is 8.98 Å². The molecule has 0 spiro atoms. The third-order valence-corrected chi connectivity index (χ3v) is 5.76. The van der Waals surface area contributed by atoms with Crippen molar-refractivity contribution in [3.8, 4) is 11.3 Å². The van der Waals surface area contributed by atoms with Crippen molar-refractivity contribution in [1.82, 2.24) is 0 Å². The van der Waals surface area contributed by atoms with Crippen LogP contribution in [0, 0.1) is 0 Å². The third kappa shape index (κ3) is 3.64. The Morgan fingerprint density at radius 1 is 1.00 bits per heavy atom. The number of benzene rings is 2. The van der Waals surface area contributed by atoms with Crippen LogP contribution in [0.3, 0.4) is 0 Å². The average molecular weight is 388 g/mol. The standard InChI is InChI=1S/C24H23N2OS/c1-4-17-26-21-7-5-6-8-23(21)28-24(26)16-14-20-13-15-22(27-20)18-9-11-19(12-10-18)25(2)3/h4-16H,1,17H2,2-3H3/q+1. The summed E-state index contributed by atoms with van der Waals surface area (Å²) in [5.74, 6) is 1.72. The molecule has 4 rings (SSSR count). The minimum Gasteiger partial charge on any atom is -0.457 e. The number of aromatic nitrogens is 1. The zero-order valence-electron chi connectivity index (χ0n) is 16.1. The lowest BCUT2D eigenvalue weighted by Gasteiger charge is -2.12. The fraction of sp³-hybridized carbons (Fsp3) is 0.125. The second-order valence-electron chi connectivity index (χ2n) is 6.78. The molecule has 3 nitrogen and oxygen atoms in total. The SMILES string of the molecule is C=CC[n+]1c(/C=C/c2ccc(-c3ccc(N(C)C)cc3)o2)sc2ccccc21. The van der Waals surface area contributed by atoms with E-state index in [2.05, 4.69) is 70.7 Å². The Hall–Kier alpha value is -3.11. The van der Waals surface area contributed by atoms with Gasteiger partial charge in [0.25, 0.3) is 5.01 Å². The van der Waals surface area contributed by atoms with E-state index in [-0.39, 0.29) is 0 Å². The van der Waals surface area contributed by atoms with Crippen LogP contribution >= 0.6 is 11.3 Å². The molecule has 0 unspecified atom stereocenters. The predicted octanol–water partition coefficient (Wildman–Crippen LogP) is 5.87. The molecule has 140 valence electrons. The van der Waals surface area contributed by atoms with Gasteiger partial charge < -0.3 is 9.32 Å². The maximum atomic E-state index is 6.04. The van der Waals surface area contributed by atoms with Gasteiger partial charge in [-0.2, -0.15) is 4.57 Å². The zero-order chi connectivity index (χ0) is 19.5. The molecule has 0 radical (unpaired) electrons. The molecule has 0 aliphatic heterocycles. The van der Waals surface area contributed by atoms with Gasteiger partial charge in [0.05, 0.1) is 0 Å². The number of thiazole rings is 1. The van der Waals surface area contributed by atoms with Crippen LogP contribution in [0.2, 0.25) is 0 Å². The summed E-state index contributed by atoms with van der Waals surface area (Å²) >= 11 is 1.77. The fourth-order valence-corrected chi connectivity index (χ4v) is 4.24. The molecule has 0 fully saturated rings. The van der Waals surface area contributed by atoms with Crippen molar-refractivity contribution in [2.45, 2.75) is 6.54 Å². The number of furan rings is 1. The number of allylic oxidation sites excluding steroid dienone is 1. The summed E-state index contributed by atoms with van der Waals surface area (Å²) in [7, 11) is 4.08. The number of rotatable bonds is 6. The first-order chi connectivity index (χ1) is 13.7. The van der Waals surface area contributed by atoms with E-state index in [9.17, 15) is 0 Å². The number of nitrogens with zero attached hydrogens (tertiary/aromatic N) is 2. The van der Waals surface area contributed by atoms with Crippen molar-refractivity contribution in [2.24, 2.45) is 0 Å². The van der Waals surface area contributed by atoms with E-state index in [4.69, 9.17) is 4.42 Å². The molecule has 0 aliphatic carbocycles. The fourth-order valence-electron chi connectivity index (χ4n) is 3.17. The first-order valence-electron chi connectivity index (χ1n) is 9.23. The molecule has 4 aromatic rings. The molecule has 4 heteroatoms. The Labute approximate surface area is 169 Å². The van der Waals surface area contributed by atoms with Crippen molar-refractivity contribution in [3.63, 3.8) is 0 Å². The first kappa shape index (κ1) is 18.3. The van der Waals surface area contributed by atoms with Crippen LogP contribution in [0.5, 0.6) is 0 Å². The number of fused-ring (bicyclic) bond motifs is 1. The lowest BCUT2D eigenvalue weighted by molar-refractivity contribution is -0.658. The summed E-state index contributed by atoms with van der Waals surface area (Å²) in [4.78, 5) is 2.09. The van der Waals surface area contributed by atoms with Gasteiger partial charge in [0, 0.05) is 37.5 Å². The number of para-hydroxylation sites is 1. The molecular formula is C24H23N2OS+. The van der Waals surface area contributed by atoms with Gasteiger partial charge in [-0.05, 0) is 54.6 Å². The van der Waals surface area contributed by atoms with Gasteiger partial charge in [0.2, 0.25) is 5.52 Å². The normalized spacial score (nSPS) is 11.4. The number of hydrogen-bond donors (Lipinski definition) is 0. The number of hydrogen-bond acceptors (Lipinski definition) is 3. The quantitative estimate of drug-likeness (QED) is 0.304. The molecule has 2 aromatic carbocycles. The molecule has 0 N–H and O–H groups in total. The van der Waals surface area contributed by atoms with E-state index < -0.39 is 0 Å². The molecule has 0 saturated heterocycles. The van der Waals surface area contributed by atoms with Gasteiger partial charge in [-0.3, -0.25) is 0 Å².